The minimum Gasteiger partial charge on any atom is -0.455 e. The number of para-hydroxylation sites is 2. The van der Waals surface area contributed by atoms with Crippen molar-refractivity contribution in [2.45, 2.75) is 38.5 Å². The molecule has 11 aromatic rings. The largest absolute Gasteiger partial charge is 0.455 e. The van der Waals surface area contributed by atoms with Crippen LogP contribution < -0.4 is 4.90 Å². The first-order valence-electron chi connectivity index (χ1n) is 21.3. The van der Waals surface area contributed by atoms with Crippen LogP contribution in [0.2, 0.25) is 0 Å². The highest BCUT2D eigenvalue weighted by Gasteiger charge is 2.37. The first kappa shape index (κ1) is 34.5. The van der Waals surface area contributed by atoms with Crippen molar-refractivity contribution in [1.82, 2.24) is 0 Å². The SMILES string of the molecule is CC1(C)c2ccccc2-c2ccc(-c3c4ccccc4cc4c3oc3cc(N(c5ccc6c(c5)C(C)(C)c5ccccc5-6)c5cccc6c5oc5ccccc56)ccc34)cc21. The molecular formula is C58H41NO2. The molecule has 2 aliphatic carbocycles. The van der Waals surface area contributed by atoms with Crippen LogP contribution >= 0.6 is 0 Å². The van der Waals surface area contributed by atoms with Crippen molar-refractivity contribution in [2.24, 2.45) is 0 Å². The van der Waals surface area contributed by atoms with Crippen molar-refractivity contribution < 1.29 is 8.83 Å². The van der Waals surface area contributed by atoms with Gasteiger partial charge in [-0.2, -0.15) is 0 Å². The number of hydrogen-bond donors (Lipinski definition) is 0. The van der Waals surface area contributed by atoms with Crippen molar-refractivity contribution in [1.29, 1.82) is 0 Å². The van der Waals surface area contributed by atoms with Crippen LogP contribution in [-0.4, -0.2) is 0 Å². The average Bonchev–Trinajstić information content (AvgIpc) is 3.98. The van der Waals surface area contributed by atoms with Gasteiger partial charge in [-0.25, -0.2) is 0 Å². The molecule has 2 aliphatic rings. The smallest absolute Gasteiger partial charge is 0.159 e. The summed E-state index contributed by atoms with van der Waals surface area (Å²) in [7, 11) is 0. The molecule has 3 nitrogen and oxygen atoms in total. The van der Waals surface area contributed by atoms with Crippen LogP contribution in [0.15, 0.2) is 185 Å². The molecule has 2 heterocycles. The minimum atomic E-state index is -0.157. The van der Waals surface area contributed by atoms with Crippen molar-refractivity contribution in [3.63, 3.8) is 0 Å². The van der Waals surface area contributed by atoms with Crippen molar-refractivity contribution >= 4 is 71.7 Å². The minimum absolute atomic E-state index is 0.115. The fourth-order valence-electron chi connectivity index (χ4n) is 11.0. The lowest BCUT2D eigenvalue weighted by molar-refractivity contribution is 0.660. The Bertz CT molecular complexity index is 3670. The molecule has 0 bridgehead atoms. The fourth-order valence-corrected chi connectivity index (χ4v) is 11.0. The van der Waals surface area contributed by atoms with Gasteiger partial charge < -0.3 is 13.7 Å². The maximum absolute atomic E-state index is 7.18. The summed E-state index contributed by atoms with van der Waals surface area (Å²) in [5.74, 6) is 0. The molecule has 0 radical (unpaired) electrons. The van der Waals surface area contributed by atoms with E-state index in [4.69, 9.17) is 8.83 Å². The molecule has 0 saturated carbocycles. The highest BCUT2D eigenvalue weighted by molar-refractivity contribution is 6.19. The molecule has 61 heavy (non-hydrogen) atoms. The van der Waals surface area contributed by atoms with E-state index in [1.807, 2.05) is 6.07 Å². The molecule has 0 amide bonds. The standard InChI is InChI=1S/C58H41NO2/c1-57(2)47-20-10-7-16-39(47)41-27-24-35(31-49(41)57)54-38-15-6-5-14-34(38)30-46-44-29-26-37(33-53(44)61-56(46)54)59(51-22-13-19-45-43-18-9-12-23-52(43)60-55(45)51)36-25-28-42-40-17-8-11-21-48(40)58(3,4)50(42)32-36/h5-33H,1-4H3. The summed E-state index contributed by atoms with van der Waals surface area (Å²) < 4.78 is 13.9. The zero-order chi connectivity index (χ0) is 40.8. The second kappa shape index (κ2) is 12.1. The maximum Gasteiger partial charge on any atom is 0.159 e. The second-order valence-electron chi connectivity index (χ2n) is 18.1. The Morgan fingerprint density at radius 2 is 0.951 bits per heavy atom. The van der Waals surface area contributed by atoms with E-state index < -0.39 is 0 Å². The monoisotopic (exact) mass is 783 g/mol. The van der Waals surface area contributed by atoms with Crippen LogP contribution in [0.25, 0.3) is 88.0 Å². The summed E-state index contributed by atoms with van der Waals surface area (Å²) in [6, 6.07) is 64.2. The van der Waals surface area contributed by atoms with Gasteiger partial charge in [0, 0.05) is 49.7 Å². The van der Waals surface area contributed by atoms with Crippen molar-refractivity contribution in [3.8, 4) is 33.4 Å². The number of hydrogen-bond acceptors (Lipinski definition) is 3. The zero-order valence-corrected chi connectivity index (χ0v) is 34.5. The summed E-state index contributed by atoms with van der Waals surface area (Å²) in [5, 5.41) is 6.78. The number of anilines is 3. The molecule has 0 N–H and O–H groups in total. The van der Waals surface area contributed by atoms with Gasteiger partial charge in [0.1, 0.15) is 16.7 Å². The summed E-state index contributed by atoms with van der Waals surface area (Å²) in [6.07, 6.45) is 0. The maximum atomic E-state index is 7.18. The summed E-state index contributed by atoms with van der Waals surface area (Å²) in [4.78, 5) is 2.36. The van der Waals surface area contributed by atoms with Gasteiger partial charge in [-0.3, -0.25) is 0 Å². The lowest BCUT2D eigenvalue weighted by Gasteiger charge is -2.28. The molecule has 0 saturated heterocycles. The van der Waals surface area contributed by atoms with E-state index in [2.05, 4.69) is 202 Å². The highest BCUT2D eigenvalue weighted by Crippen LogP contribution is 2.53. The quantitative estimate of drug-likeness (QED) is 0.178. The first-order valence-corrected chi connectivity index (χ1v) is 21.3. The van der Waals surface area contributed by atoms with Crippen LogP contribution in [0.3, 0.4) is 0 Å². The normalized spacial score (nSPS) is 14.5. The number of nitrogens with zero attached hydrogens (tertiary/aromatic N) is 1. The average molecular weight is 784 g/mol. The van der Waals surface area contributed by atoms with Gasteiger partial charge in [-0.1, -0.05) is 149 Å². The lowest BCUT2D eigenvalue weighted by Crippen LogP contribution is -2.16. The second-order valence-corrected chi connectivity index (χ2v) is 18.1. The number of fused-ring (bicyclic) bond motifs is 13. The Hall–Kier alpha value is -7.36. The molecule has 0 atom stereocenters. The van der Waals surface area contributed by atoms with E-state index >= 15 is 0 Å². The van der Waals surface area contributed by atoms with Gasteiger partial charge in [0.2, 0.25) is 0 Å². The van der Waals surface area contributed by atoms with E-state index in [1.54, 1.807) is 0 Å². The molecule has 2 aromatic heterocycles. The van der Waals surface area contributed by atoms with Gasteiger partial charge in [0.15, 0.2) is 5.58 Å². The third-order valence-corrected chi connectivity index (χ3v) is 14.0. The van der Waals surface area contributed by atoms with Crippen LogP contribution in [0.5, 0.6) is 0 Å². The topological polar surface area (TPSA) is 29.5 Å². The Labute approximate surface area is 354 Å². The van der Waals surface area contributed by atoms with Crippen molar-refractivity contribution in [2.75, 3.05) is 4.90 Å². The molecule has 0 fully saturated rings. The van der Waals surface area contributed by atoms with E-state index in [0.29, 0.717) is 0 Å². The number of rotatable bonds is 4. The Morgan fingerprint density at radius 3 is 1.74 bits per heavy atom. The van der Waals surface area contributed by atoms with E-state index in [0.717, 1.165) is 66.5 Å². The van der Waals surface area contributed by atoms with Crippen LogP contribution in [0.4, 0.5) is 17.1 Å². The molecule has 0 spiro atoms. The number of benzene rings is 9. The van der Waals surface area contributed by atoms with Gasteiger partial charge >= 0.3 is 0 Å². The lowest BCUT2D eigenvalue weighted by atomic mass is 9.81. The van der Waals surface area contributed by atoms with Crippen LogP contribution in [0.1, 0.15) is 49.9 Å². The van der Waals surface area contributed by atoms with Gasteiger partial charge in [-0.05, 0) is 109 Å². The van der Waals surface area contributed by atoms with Crippen LogP contribution in [0, 0.1) is 0 Å². The number of furan rings is 2. The Kier molecular flexibility index (Phi) is 6.85. The van der Waals surface area contributed by atoms with Crippen molar-refractivity contribution in [3.05, 3.63) is 198 Å². The zero-order valence-electron chi connectivity index (χ0n) is 34.5. The van der Waals surface area contributed by atoms with Crippen LogP contribution in [-0.2, 0) is 10.8 Å². The molecule has 290 valence electrons. The van der Waals surface area contributed by atoms with Gasteiger partial charge in [0.25, 0.3) is 0 Å². The molecule has 0 aliphatic heterocycles. The molecule has 9 aromatic carbocycles. The van der Waals surface area contributed by atoms with E-state index in [9.17, 15) is 0 Å². The fraction of sp³-hybridized carbons (Fsp3) is 0.103. The molecule has 0 unspecified atom stereocenters. The third-order valence-electron chi connectivity index (χ3n) is 14.0. The third kappa shape index (κ3) is 4.69. The summed E-state index contributed by atoms with van der Waals surface area (Å²) >= 11 is 0. The Balaban J connectivity index is 1.04. The molecular weight excluding hydrogens is 743 g/mol. The molecule has 13 rings (SSSR count). The summed E-state index contributed by atoms with van der Waals surface area (Å²) in [5.41, 5.74) is 19.2. The van der Waals surface area contributed by atoms with Gasteiger partial charge in [-0.15, -0.1) is 0 Å². The van der Waals surface area contributed by atoms with E-state index in [-0.39, 0.29) is 10.8 Å². The summed E-state index contributed by atoms with van der Waals surface area (Å²) in [6.45, 7) is 9.38. The predicted octanol–water partition coefficient (Wildman–Crippen LogP) is 16.4. The Morgan fingerprint density at radius 1 is 0.377 bits per heavy atom. The highest BCUT2D eigenvalue weighted by atomic mass is 16.3. The predicted molar refractivity (Wildman–Crippen MR) is 254 cm³/mol. The van der Waals surface area contributed by atoms with E-state index in [1.165, 1.54) is 60.8 Å². The first-order chi connectivity index (χ1) is 29.8. The molecule has 3 heteroatoms. The van der Waals surface area contributed by atoms with Gasteiger partial charge in [0.05, 0.1) is 11.4 Å².